The molecule has 0 aliphatic carbocycles. The maximum Gasteiger partial charge on any atom is 0.0291 e. The van der Waals surface area contributed by atoms with Crippen molar-refractivity contribution in [2.45, 2.75) is 37.5 Å². The highest BCUT2D eigenvalue weighted by Crippen LogP contribution is 2.25. The summed E-state index contributed by atoms with van der Waals surface area (Å²) < 4.78 is 0. The summed E-state index contributed by atoms with van der Waals surface area (Å²) in [5, 5.41) is 3.44. The summed E-state index contributed by atoms with van der Waals surface area (Å²) in [4.78, 5) is 1.33. The summed E-state index contributed by atoms with van der Waals surface area (Å²) in [6.45, 7) is 7.53. The van der Waals surface area contributed by atoms with Crippen molar-refractivity contribution in [3.63, 3.8) is 0 Å². The van der Waals surface area contributed by atoms with Crippen molar-refractivity contribution in [3.05, 3.63) is 65.2 Å². The minimum absolute atomic E-state index is 0.426. The second-order valence-electron chi connectivity index (χ2n) is 5.06. The summed E-state index contributed by atoms with van der Waals surface area (Å²) in [5.74, 6) is 1.04. The lowest BCUT2D eigenvalue weighted by Gasteiger charge is -2.13. The van der Waals surface area contributed by atoms with Gasteiger partial charge in [-0.15, -0.1) is 11.8 Å². The van der Waals surface area contributed by atoms with E-state index in [2.05, 4.69) is 74.6 Å². The van der Waals surface area contributed by atoms with Gasteiger partial charge in [-0.05, 0) is 49.2 Å². The van der Waals surface area contributed by atoms with Gasteiger partial charge in [0.2, 0.25) is 0 Å². The average molecular weight is 285 g/mol. The SMILES string of the molecule is CCNC(C)c1ccc(SCc2ccccc2C)cc1. The molecule has 2 aromatic carbocycles. The Kier molecular flexibility index (Phi) is 5.69. The number of rotatable bonds is 6. The van der Waals surface area contributed by atoms with Gasteiger partial charge in [0, 0.05) is 16.7 Å². The van der Waals surface area contributed by atoms with Gasteiger partial charge < -0.3 is 5.32 Å². The van der Waals surface area contributed by atoms with Crippen LogP contribution in [0.2, 0.25) is 0 Å². The number of hydrogen-bond acceptors (Lipinski definition) is 2. The number of hydrogen-bond donors (Lipinski definition) is 1. The highest BCUT2D eigenvalue weighted by atomic mass is 32.2. The van der Waals surface area contributed by atoms with Crippen LogP contribution in [0.4, 0.5) is 0 Å². The Balaban J connectivity index is 1.96. The molecule has 0 radical (unpaired) electrons. The van der Waals surface area contributed by atoms with Crippen molar-refractivity contribution in [2.75, 3.05) is 6.54 Å². The fourth-order valence-electron chi connectivity index (χ4n) is 2.21. The van der Waals surface area contributed by atoms with Crippen LogP contribution in [0.5, 0.6) is 0 Å². The van der Waals surface area contributed by atoms with E-state index >= 15 is 0 Å². The average Bonchev–Trinajstić information content (AvgIpc) is 2.47. The fourth-order valence-corrected chi connectivity index (χ4v) is 3.18. The number of thioether (sulfide) groups is 1. The van der Waals surface area contributed by atoms with E-state index in [0.29, 0.717) is 6.04 Å². The molecule has 0 aliphatic rings. The molecule has 0 saturated heterocycles. The molecule has 1 unspecified atom stereocenters. The third-order valence-electron chi connectivity index (χ3n) is 3.55. The molecule has 0 heterocycles. The Labute approximate surface area is 126 Å². The smallest absolute Gasteiger partial charge is 0.0291 e. The van der Waals surface area contributed by atoms with E-state index in [1.165, 1.54) is 21.6 Å². The molecule has 0 aliphatic heterocycles. The van der Waals surface area contributed by atoms with Crippen molar-refractivity contribution in [2.24, 2.45) is 0 Å². The molecule has 0 spiro atoms. The highest BCUT2D eigenvalue weighted by Gasteiger charge is 2.04. The van der Waals surface area contributed by atoms with Crippen molar-refractivity contribution in [3.8, 4) is 0 Å². The van der Waals surface area contributed by atoms with Crippen molar-refractivity contribution in [1.82, 2.24) is 5.32 Å². The lowest BCUT2D eigenvalue weighted by molar-refractivity contribution is 0.598. The van der Waals surface area contributed by atoms with Crippen LogP contribution < -0.4 is 5.32 Å². The Morgan fingerprint density at radius 3 is 2.40 bits per heavy atom. The van der Waals surface area contributed by atoms with Crippen LogP contribution >= 0.6 is 11.8 Å². The van der Waals surface area contributed by atoms with Gasteiger partial charge in [0.25, 0.3) is 0 Å². The van der Waals surface area contributed by atoms with Crippen LogP contribution in [-0.4, -0.2) is 6.54 Å². The summed E-state index contributed by atoms with van der Waals surface area (Å²) in [6.07, 6.45) is 0. The summed E-state index contributed by atoms with van der Waals surface area (Å²) >= 11 is 1.90. The Bertz CT molecular complexity index is 533. The topological polar surface area (TPSA) is 12.0 Å². The molecule has 2 rings (SSSR count). The predicted molar refractivity (Wildman–Crippen MR) is 89.3 cm³/mol. The first kappa shape index (κ1) is 15.1. The quantitative estimate of drug-likeness (QED) is 0.753. The van der Waals surface area contributed by atoms with Gasteiger partial charge in [0.1, 0.15) is 0 Å². The first-order valence-electron chi connectivity index (χ1n) is 7.21. The minimum Gasteiger partial charge on any atom is -0.310 e. The Hall–Kier alpha value is -1.25. The zero-order chi connectivity index (χ0) is 14.4. The van der Waals surface area contributed by atoms with Crippen LogP contribution in [-0.2, 0) is 5.75 Å². The van der Waals surface area contributed by atoms with Crippen molar-refractivity contribution < 1.29 is 0 Å². The van der Waals surface area contributed by atoms with E-state index in [1.54, 1.807) is 0 Å². The maximum absolute atomic E-state index is 3.44. The first-order valence-corrected chi connectivity index (χ1v) is 8.20. The number of benzene rings is 2. The summed E-state index contributed by atoms with van der Waals surface area (Å²) in [5.41, 5.74) is 4.15. The zero-order valence-electron chi connectivity index (χ0n) is 12.5. The first-order chi connectivity index (χ1) is 9.70. The standard InChI is InChI=1S/C18H23NS/c1-4-19-15(3)16-9-11-18(12-10-16)20-13-17-8-6-5-7-14(17)2/h5-12,15,19H,4,13H2,1-3H3. The van der Waals surface area contributed by atoms with Gasteiger partial charge in [-0.3, -0.25) is 0 Å². The molecule has 2 heteroatoms. The normalized spacial score (nSPS) is 12.3. The van der Waals surface area contributed by atoms with E-state index in [4.69, 9.17) is 0 Å². The molecule has 0 aromatic heterocycles. The fraction of sp³-hybridized carbons (Fsp3) is 0.333. The van der Waals surface area contributed by atoms with Gasteiger partial charge in [-0.1, -0.05) is 43.3 Å². The predicted octanol–water partition coefficient (Wildman–Crippen LogP) is 4.96. The molecular weight excluding hydrogens is 262 g/mol. The van der Waals surface area contributed by atoms with Crippen LogP contribution in [0.3, 0.4) is 0 Å². The third kappa shape index (κ3) is 4.12. The molecule has 20 heavy (non-hydrogen) atoms. The van der Waals surface area contributed by atoms with Gasteiger partial charge in [0.15, 0.2) is 0 Å². The van der Waals surface area contributed by atoms with E-state index in [0.717, 1.165) is 12.3 Å². The maximum atomic E-state index is 3.44. The van der Waals surface area contributed by atoms with Crippen LogP contribution in [0.1, 0.15) is 36.6 Å². The molecular formula is C18H23NS. The molecule has 0 saturated carbocycles. The lowest BCUT2D eigenvalue weighted by atomic mass is 10.1. The lowest BCUT2D eigenvalue weighted by Crippen LogP contribution is -2.17. The molecule has 0 amide bonds. The molecule has 106 valence electrons. The van der Waals surface area contributed by atoms with Crippen molar-refractivity contribution >= 4 is 11.8 Å². The highest BCUT2D eigenvalue weighted by molar-refractivity contribution is 7.98. The molecule has 2 aromatic rings. The summed E-state index contributed by atoms with van der Waals surface area (Å²) in [7, 11) is 0. The Morgan fingerprint density at radius 2 is 1.75 bits per heavy atom. The summed E-state index contributed by atoms with van der Waals surface area (Å²) in [6, 6.07) is 17.9. The van der Waals surface area contributed by atoms with Gasteiger partial charge >= 0.3 is 0 Å². The number of aryl methyl sites for hydroxylation is 1. The third-order valence-corrected chi connectivity index (χ3v) is 4.61. The number of nitrogens with one attached hydrogen (secondary N) is 1. The van der Waals surface area contributed by atoms with E-state index in [-0.39, 0.29) is 0 Å². The van der Waals surface area contributed by atoms with E-state index < -0.39 is 0 Å². The molecule has 1 nitrogen and oxygen atoms in total. The van der Waals surface area contributed by atoms with Crippen LogP contribution in [0, 0.1) is 6.92 Å². The second kappa shape index (κ2) is 7.51. The molecule has 0 bridgehead atoms. The van der Waals surface area contributed by atoms with Crippen molar-refractivity contribution in [1.29, 1.82) is 0 Å². The molecule has 0 fully saturated rings. The monoisotopic (exact) mass is 285 g/mol. The van der Waals surface area contributed by atoms with Gasteiger partial charge in [-0.25, -0.2) is 0 Å². The van der Waals surface area contributed by atoms with E-state index in [9.17, 15) is 0 Å². The van der Waals surface area contributed by atoms with Gasteiger partial charge in [-0.2, -0.15) is 0 Å². The van der Waals surface area contributed by atoms with Crippen LogP contribution in [0.15, 0.2) is 53.4 Å². The molecule has 1 N–H and O–H groups in total. The second-order valence-corrected chi connectivity index (χ2v) is 6.11. The molecule has 1 atom stereocenters. The van der Waals surface area contributed by atoms with Crippen LogP contribution in [0.25, 0.3) is 0 Å². The zero-order valence-corrected chi connectivity index (χ0v) is 13.3. The van der Waals surface area contributed by atoms with E-state index in [1.807, 2.05) is 11.8 Å². The largest absolute Gasteiger partial charge is 0.310 e. The Morgan fingerprint density at radius 1 is 1.05 bits per heavy atom. The van der Waals surface area contributed by atoms with Gasteiger partial charge in [0.05, 0.1) is 0 Å². The minimum atomic E-state index is 0.426.